The van der Waals surface area contributed by atoms with Crippen molar-refractivity contribution in [1.29, 1.82) is 0 Å². The molecule has 0 bridgehead atoms. The number of hydrogen-bond acceptors (Lipinski definition) is 12. The van der Waals surface area contributed by atoms with E-state index in [2.05, 4.69) is 61.1 Å². The Morgan fingerprint density at radius 3 is 0.910 bits per heavy atom. The third-order valence-electron chi connectivity index (χ3n) is 13.9. The van der Waals surface area contributed by atoms with E-state index in [1.54, 1.807) is 0 Å². The normalized spacial score (nSPS) is 18.1. The van der Waals surface area contributed by atoms with E-state index in [9.17, 15) is 20.4 Å². The van der Waals surface area contributed by atoms with Crippen molar-refractivity contribution in [1.82, 2.24) is 19.6 Å². The number of nitrogens with zero attached hydrogens (tertiary/aromatic N) is 4. The fourth-order valence-electron chi connectivity index (χ4n) is 9.67. The Morgan fingerprint density at radius 1 is 0.373 bits per heavy atom. The molecule has 1 saturated heterocycles. The lowest BCUT2D eigenvalue weighted by Gasteiger charge is -2.44. The summed E-state index contributed by atoms with van der Waals surface area (Å²) in [4.78, 5) is 10.1. The molecule has 67 heavy (non-hydrogen) atoms. The topological polar surface area (TPSA) is 93.9 Å². The molecule has 8 nitrogen and oxygen atoms in total. The molecule has 402 valence electrons. The van der Waals surface area contributed by atoms with Gasteiger partial charge in [0.25, 0.3) is 0 Å². The Hall–Kier alpha value is 1.08. The highest BCUT2D eigenvalue weighted by Crippen LogP contribution is 2.26. The molecule has 0 amide bonds. The van der Waals surface area contributed by atoms with Crippen LogP contribution in [0.2, 0.25) is 0 Å². The summed E-state index contributed by atoms with van der Waals surface area (Å²) < 4.78 is 0. The molecule has 6 unspecified atom stereocenters. The van der Waals surface area contributed by atoms with Crippen molar-refractivity contribution in [2.75, 3.05) is 88.5 Å². The summed E-state index contributed by atoms with van der Waals surface area (Å²) in [6.45, 7) is 23.1. The Bertz CT molecular complexity index is 1010. The maximum Gasteiger partial charge on any atom is 0.0667 e. The first kappa shape index (κ1) is 66.1. The second kappa shape index (κ2) is 48.0. The molecule has 1 heterocycles. The van der Waals surface area contributed by atoms with Gasteiger partial charge < -0.3 is 20.4 Å². The first-order chi connectivity index (χ1) is 32.6. The number of unbranched alkanes of at least 4 members (excludes halogenated alkanes) is 19. The van der Waals surface area contributed by atoms with E-state index in [1.807, 2.05) is 43.2 Å². The van der Waals surface area contributed by atoms with Gasteiger partial charge in [-0.2, -0.15) is 0 Å². The van der Waals surface area contributed by atoms with Crippen molar-refractivity contribution in [3.8, 4) is 0 Å². The van der Waals surface area contributed by atoms with E-state index in [-0.39, 0.29) is 24.4 Å². The van der Waals surface area contributed by atoms with Gasteiger partial charge in [0.1, 0.15) is 0 Å². The quantitative estimate of drug-likeness (QED) is 0.0345. The molecule has 6 atom stereocenters. The van der Waals surface area contributed by atoms with Gasteiger partial charge in [-0.15, -0.1) is 0 Å². The monoisotopic (exact) mass is 1020 g/mol. The van der Waals surface area contributed by atoms with Crippen molar-refractivity contribution >= 4 is 43.2 Å². The van der Waals surface area contributed by atoms with Crippen LogP contribution >= 0.6 is 43.2 Å². The zero-order chi connectivity index (χ0) is 49.0. The average molecular weight is 1020 g/mol. The van der Waals surface area contributed by atoms with Crippen LogP contribution < -0.4 is 0 Å². The van der Waals surface area contributed by atoms with Crippen LogP contribution in [0.5, 0.6) is 0 Å². The molecule has 1 rings (SSSR count). The minimum atomic E-state index is -0.295. The van der Waals surface area contributed by atoms with Gasteiger partial charge in [0.2, 0.25) is 0 Å². The van der Waals surface area contributed by atoms with E-state index in [0.29, 0.717) is 38.3 Å². The molecular weight excluding hydrogens is 909 g/mol. The molecule has 0 aromatic rings. The predicted molar refractivity (Wildman–Crippen MR) is 305 cm³/mol. The third kappa shape index (κ3) is 40.2. The molecule has 0 aliphatic carbocycles. The van der Waals surface area contributed by atoms with E-state index >= 15 is 0 Å². The van der Waals surface area contributed by atoms with Crippen LogP contribution in [-0.4, -0.2) is 165 Å². The minimum absolute atomic E-state index is 0.295. The van der Waals surface area contributed by atoms with Crippen LogP contribution in [-0.2, 0) is 0 Å². The van der Waals surface area contributed by atoms with Crippen LogP contribution in [0.15, 0.2) is 0 Å². The van der Waals surface area contributed by atoms with Gasteiger partial charge in [-0.25, -0.2) is 0 Å². The predicted octanol–water partition coefficient (Wildman–Crippen LogP) is 13.6. The summed E-state index contributed by atoms with van der Waals surface area (Å²) in [7, 11) is 8.05. The Balaban J connectivity index is 2.37. The van der Waals surface area contributed by atoms with E-state index in [4.69, 9.17) is 0 Å². The molecule has 1 aliphatic heterocycles. The Labute approximate surface area is 433 Å². The van der Waals surface area contributed by atoms with Crippen molar-refractivity contribution in [2.45, 2.75) is 264 Å². The van der Waals surface area contributed by atoms with Gasteiger partial charge >= 0.3 is 0 Å². The van der Waals surface area contributed by atoms with Gasteiger partial charge in [-0.05, 0) is 65.5 Å². The first-order valence-electron chi connectivity index (χ1n) is 28.8. The second-order valence-corrected chi connectivity index (χ2v) is 26.1. The molecule has 0 saturated carbocycles. The summed E-state index contributed by atoms with van der Waals surface area (Å²) in [5.41, 5.74) is 0. The number of piperazine rings is 1. The molecular formula is C55H114N4O4S4. The summed E-state index contributed by atoms with van der Waals surface area (Å²) in [6.07, 6.45) is 33.2. The molecule has 0 spiro atoms. The van der Waals surface area contributed by atoms with Crippen LogP contribution in [0, 0.1) is 0 Å². The van der Waals surface area contributed by atoms with Crippen LogP contribution in [0.25, 0.3) is 0 Å². The standard InChI is InChI=1S/C55H114N4O4S4/c1-7-11-15-19-23-27-33-53(61)47-56(46-52(60)32-26-22-18-14-10-4)36-30-40-64-66-42-38-58-44-51(6)59(45-50(58)5)39-43-67-65-41-31-37-57(48-54(62)34-28-24-20-16-12-8-2)49-55(63)35-29-25-21-17-13-9-3/h50-55,60-63H,7-49H2,1-6H3. The van der Waals surface area contributed by atoms with E-state index in [1.165, 1.54) is 122 Å². The second-order valence-electron chi connectivity index (χ2n) is 20.7. The number of aliphatic hydroxyl groups excluding tert-OH is 4. The van der Waals surface area contributed by atoms with Crippen molar-refractivity contribution in [3.05, 3.63) is 0 Å². The first-order valence-corrected chi connectivity index (χ1v) is 33.7. The molecule has 0 aromatic heterocycles. The summed E-state index contributed by atoms with van der Waals surface area (Å²) in [5, 5.41) is 43.7. The van der Waals surface area contributed by atoms with Crippen LogP contribution in [0.3, 0.4) is 0 Å². The van der Waals surface area contributed by atoms with Crippen molar-refractivity contribution in [2.24, 2.45) is 0 Å². The van der Waals surface area contributed by atoms with E-state index < -0.39 is 0 Å². The highest BCUT2D eigenvalue weighted by atomic mass is 33.1. The summed E-state index contributed by atoms with van der Waals surface area (Å²) >= 11 is 0. The SMILES string of the molecule is CCCCCCCCC(O)CN(CCCSSCCN1CC(C)N(CCSSCCCN(CC(O)CCCCCCCC)CC(O)CCCCCCCC)CC1C)CC(O)CCCCCCC. The molecule has 12 heteroatoms. The maximum absolute atomic E-state index is 10.9. The zero-order valence-electron chi connectivity index (χ0n) is 45.1. The fourth-order valence-corrected chi connectivity index (χ4v) is 13.8. The highest BCUT2D eigenvalue weighted by Gasteiger charge is 2.28. The summed E-state index contributed by atoms with van der Waals surface area (Å²) in [6, 6.07) is 1.15. The average Bonchev–Trinajstić information content (AvgIpc) is 3.30. The van der Waals surface area contributed by atoms with Gasteiger partial charge in [-0.1, -0.05) is 219 Å². The van der Waals surface area contributed by atoms with Gasteiger partial charge in [0.15, 0.2) is 0 Å². The maximum atomic E-state index is 10.9. The summed E-state index contributed by atoms with van der Waals surface area (Å²) in [5.74, 6) is 4.53. The van der Waals surface area contributed by atoms with Gasteiger partial charge in [0.05, 0.1) is 24.4 Å². The number of rotatable bonds is 51. The number of hydrogen-bond donors (Lipinski definition) is 4. The zero-order valence-corrected chi connectivity index (χ0v) is 48.3. The van der Waals surface area contributed by atoms with Crippen LogP contribution in [0.1, 0.15) is 228 Å². The van der Waals surface area contributed by atoms with Crippen molar-refractivity contribution < 1.29 is 20.4 Å². The van der Waals surface area contributed by atoms with Crippen molar-refractivity contribution in [3.63, 3.8) is 0 Å². The lowest BCUT2D eigenvalue weighted by atomic mass is 10.1. The Kier molecular flexibility index (Phi) is 47.4. The Morgan fingerprint density at radius 2 is 0.627 bits per heavy atom. The lowest BCUT2D eigenvalue weighted by molar-refractivity contribution is 0.0516. The highest BCUT2D eigenvalue weighted by molar-refractivity contribution is 8.77. The van der Waals surface area contributed by atoms with Crippen LogP contribution in [0.4, 0.5) is 0 Å². The fraction of sp³-hybridized carbons (Fsp3) is 1.00. The largest absolute Gasteiger partial charge is 0.392 e. The van der Waals surface area contributed by atoms with E-state index in [0.717, 1.165) is 126 Å². The van der Waals surface area contributed by atoms with Gasteiger partial charge in [-0.3, -0.25) is 19.6 Å². The lowest BCUT2D eigenvalue weighted by Crippen LogP contribution is -2.57. The third-order valence-corrected chi connectivity index (χ3v) is 18.9. The number of aliphatic hydroxyl groups is 4. The smallest absolute Gasteiger partial charge is 0.0667 e. The molecule has 4 N–H and O–H groups in total. The molecule has 0 radical (unpaired) electrons. The minimum Gasteiger partial charge on any atom is -0.392 e. The molecule has 0 aromatic carbocycles. The van der Waals surface area contributed by atoms with Gasteiger partial charge in [0, 0.05) is 87.5 Å². The molecule has 1 fully saturated rings. The molecule has 1 aliphatic rings.